The van der Waals surface area contributed by atoms with Crippen LogP contribution in [0.15, 0.2) is 0 Å². The minimum Gasteiger partial charge on any atom is -0.391 e. The van der Waals surface area contributed by atoms with E-state index >= 15 is 0 Å². The fourth-order valence-electron chi connectivity index (χ4n) is 4.50. The number of rotatable bonds is 13. The smallest absolute Gasteiger partial charge is 0.251 e. The van der Waals surface area contributed by atoms with Crippen molar-refractivity contribution in [1.82, 2.24) is 20.4 Å². The van der Waals surface area contributed by atoms with Gasteiger partial charge in [0, 0.05) is 13.6 Å². The Morgan fingerprint density at radius 3 is 2.05 bits per heavy atom. The Kier molecular flexibility index (Phi) is 13.7. The van der Waals surface area contributed by atoms with Gasteiger partial charge in [0.25, 0.3) is 5.91 Å². The van der Waals surface area contributed by atoms with Crippen molar-refractivity contribution in [2.75, 3.05) is 19.8 Å². The first-order valence-electron chi connectivity index (χ1n) is 13.3. The summed E-state index contributed by atoms with van der Waals surface area (Å²) < 4.78 is 0. The molecule has 218 valence electrons. The van der Waals surface area contributed by atoms with Crippen molar-refractivity contribution >= 4 is 40.5 Å². The van der Waals surface area contributed by atoms with Crippen LogP contribution in [0.1, 0.15) is 67.2 Å². The number of aliphatic hydroxyl groups is 2. The van der Waals surface area contributed by atoms with Gasteiger partial charge >= 0.3 is 0 Å². The third kappa shape index (κ3) is 8.94. The van der Waals surface area contributed by atoms with Crippen molar-refractivity contribution in [3.8, 4) is 0 Å². The third-order valence-electron chi connectivity index (χ3n) is 7.02. The zero-order valence-corrected chi connectivity index (χ0v) is 24.7. The predicted molar refractivity (Wildman–Crippen MR) is 146 cm³/mol. The molecule has 4 N–H and O–H groups in total. The highest BCUT2D eigenvalue weighted by Crippen LogP contribution is 2.23. The number of hydrogen-bond acceptors (Lipinski definition) is 8. The van der Waals surface area contributed by atoms with Gasteiger partial charge in [-0.1, -0.05) is 45.9 Å². The molecule has 0 aromatic heterocycles. The van der Waals surface area contributed by atoms with Gasteiger partial charge in [-0.05, 0) is 51.2 Å². The molecular weight excluding hydrogens is 512 g/mol. The molecule has 1 rings (SSSR count). The van der Waals surface area contributed by atoms with Gasteiger partial charge in [-0.15, -0.1) is 0 Å². The first kappa shape index (κ1) is 33.8. The van der Waals surface area contributed by atoms with Gasteiger partial charge in [-0.2, -0.15) is 0 Å². The molecule has 0 unspecified atom stereocenters. The molecule has 0 bridgehead atoms. The van der Waals surface area contributed by atoms with Crippen molar-refractivity contribution in [2.24, 2.45) is 11.8 Å². The van der Waals surface area contributed by atoms with Crippen LogP contribution in [-0.4, -0.2) is 105 Å². The molecule has 0 saturated carbocycles. The molecule has 12 heteroatoms. The van der Waals surface area contributed by atoms with E-state index < -0.39 is 60.0 Å². The summed E-state index contributed by atoms with van der Waals surface area (Å²) >= 11 is 0.996. The number of nitrogens with one attached hydrogen (secondary N) is 2. The van der Waals surface area contributed by atoms with Crippen LogP contribution in [0.3, 0.4) is 0 Å². The molecule has 11 nitrogen and oxygen atoms in total. The summed E-state index contributed by atoms with van der Waals surface area (Å²) in [7, 11) is 1.48. The van der Waals surface area contributed by atoms with E-state index in [-0.39, 0.29) is 23.4 Å². The van der Waals surface area contributed by atoms with Crippen LogP contribution in [-0.2, 0) is 24.0 Å². The first-order valence-corrected chi connectivity index (χ1v) is 14.5. The Labute approximate surface area is 230 Å². The number of aliphatic hydroxyl groups excluding tert-OH is 2. The number of likely N-dealkylation sites (N-methyl/N-ethyl adjacent to an activating group) is 1. The molecule has 1 aliphatic rings. The summed E-state index contributed by atoms with van der Waals surface area (Å²) in [5.74, 6) is -2.44. The average Bonchev–Trinajstić information content (AvgIpc) is 3.35. The maximum atomic E-state index is 13.5. The molecule has 0 radical (unpaired) electrons. The van der Waals surface area contributed by atoms with E-state index in [9.17, 15) is 34.2 Å². The van der Waals surface area contributed by atoms with E-state index in [2.05, 4.69) is 10.6 Å². The fourth-order valence-corrected chi connectivity index (χ4v) is 5.04. The van der Waals surface area contributed by atoms with E-state index in [0.29, 0.717) is 25.8 Å². The second-order valence-electron chi connectivity index (χ2n) is 10.6. The molecule has 0 spiro atoms. The van der Waals surface area contributed by atoms with Crippen molar-refractivity contribution in [2.45, 2.75) is 104 Å². The van der Waals surface area contributed by atoms with Gasteiger partial charge in [-0.25, -0.2) is 0 Å². The zero-order valence-electron chi connectivity index (χ0n) is 23.9. The number of hydrogen-bond donors (Lipinski definition) is 4. The van der Waals surface area contributed by atoms with E-state index in [1.165, 1.54) is 30.7 Å². The highest BCUT2D eigenvalue weighted by Gasteiger charge is 2.41. The second kappa shape index (κ2) is 15.4. The first-order chi connectivity index (χ1) is 17.7. The minimum absolute atomic E-state index is 0.00703. The SMILES string of the molecule is CC[C@H](C)[C@@H](NC(=O)[C@@H](NC(=O)[C@@H](CC(C)C)N(C)C(=O)[C@@H]1CCCN1C(=O)[C@H](C)O)[C@@H](C)O)C(=O)SC. The normalized spacial score (nSPS) is 20.2. The summed E-state index contributed by atoms with van der Waals surface area (Å²) in [6.07, 6.45) is 1.04. The van der Waals surface area contributed by atoms with Gasteiger partial charge in [0.05, 0.1) is 6.10 Å². The minimum atomic E-state index is -1.35. The molecule has 0 aromatic carbocycles. The Bertz CT molecular complexity index is 851. The standard InChI is InChI=1S/C26H46N4O7S/c1-9-15(4)20(26(37)38-8)27-23(34)21(16(5)31)28-22(33)19(13-14(2)3)29(7)25(36)18-11-10-12-30(18)24(35)17(6)32/h14-21,31-32H,9-13H2,1-8H3,(H,27,34)(H,28,33)/t15-,16+,17-,18-,19+,20+,21-/m0/s1. The Morgan fingerprint density at radius 1 is 1.00 bits per heavy atom. The van der Waals surface area contributed by atoms with Gasteiger partial charge < -0.3 is 30.6 Å². The topological polar surface area (TPSA) is 156 Å². The van der Waals surface area contributed by atoms with E-state index in [1.54, 1.807) is 6.26 Å². The van der Waals surface area contributed by atoms with Crippen molar-refractivity contribution in [3.63, 3.8) is 0 Å². The van der Waals surface area contributed by atoms with Crippen molar-refractivity contribution in [3.05, 3.63) is 0 Å². The molecule has 1 fully saturated rings. The summed E-state index contributed by atoms with van der Waals surface area (Å²) in [4.78, 5) is 67.5. The highest BCUT2D eigenvalue weighted by atomic mass is 32.2. The molecular formula is C26H46N4O7S. The van der Waals surface area contributed by atoms with Gasteiger partial charge in [0.1, 0.15) is 30.3 Å². The number of thioether (sulfide) groups is 1. The lowest BCUT2D eigenvalue weighted by atomic mass is 9.98. The lowest BCUT2D eigenvalue weighted by Crippen LogP contribution is -2.60. The zero-order chi connectivity index (χ0) is 29.3. The lowest BCUT2D eigenvalue weighted by Gasteiger charge is -2.34. The maximum absolute atomic E-state index is 13.5. The lowest BCUT2D eigenvalue weighted by molar-refractivity contribution is -0.150. The van der Waals surface area contributed by atoms with Crippen LogP contribution in [0.25, 0.3) is 0 Å². The average molecular weight is 559 g/mol. The summed E-state index contributed by atoms with van der Waals surface area (Å²) in [6, 6.07) is -3.90. The third-order valence-corrected chi connectivity index (χ3v) is 7.68. The molecule has 0 aliphatic carbocycles. The Morgan fingerprint density at radius 2 is 1.58 bits per heavy atom. The Balaban J connectivity index is 3.15. The van der Waals surface area contributed by atoms with Gasteiger partial charge in [0.2, 0.25) is 22.8 Å². The summed E-state index contributed by atoms with van der Waals surface area (Å²) in [5.41, 5.74) is 0. The van der Waals surface area contributed by atoms with Crippen LogP contribution in [0, 0.1) is 11.8 Å². The fraction of sp³-hybridized carbons (Fsp3) is 0.808. The van der Waals surface area contributed by atoms with Crippen molar-refractivity contribution in [1.29, 1.82) is 0 Å². The monoisotopic (exact) mass is 558 g/mol. The predicted octanol–water partition coefficient (Wildman–Crippen LogP) is 0.517. The van der Waals surface area contributed by atoms with Crippen LogP contribution >= 0.6 is 11.8 Å². The van der Waals surface area contributed by atoms with Crippen molar-refractivity contribution < 1.29 is 34.2 Å². The molecule has 7 atom stereocenters. The van der Waals surface area contributed by atoms with Crippen LogP contribution in [0.4, 0.5) is 0 Å². The van der Waals surface area contributed by atoms with Gasteiger partial charge in [0.15, 0.2) is 0 Å². The summed E-state index contributed by atoms with van der Waals surface area (Å²) in [6.45, 7) is 10.6. The van der Waals surface area contributed by atoms with E-state index in [0.717, 1.165) is 11.8 Å². The van der Waals surface area contributed by atoms with Crippen LogP contribution < -0.4 is 10.6 Å². The number of likely N-dealkylation sites (tertiary alicyclic amines) is 1. The second-order valence-corrected chi connectivity index (χ2v) is 11.4. The largest absolute Gasteiger partial charge is 0.391 e. The molecule has 1 saturated heterocycles. The molecule has 38 heavy (non-hydrogen) atoms. The number of carbonyl (C=O) groups excluding carboxylic acids is 5. The molecule has 1 aliphatic heterocycles. The highest BCUT2D eigenvalue weighted by molar-refractivity contribution is 8.13. The number of amides is 4. The van der Waals surface area contributed by atoms with E-state index in [4.69, 9.17) is 0 Å². The quantitative estimate of drug-likeness (QED) is 0.255. The molecule has 0 aromatic rings. The Hall–Kier alpha value is -2.18. The number of carbonyl (C=O) groups is 5. The van der Waals surface area contributed by atoms with Crippen LogP contribution in [0.2, 0.25) is 0 Å². The number of nitrogens with zero attached hydrogens (tertiary/aromatic N) is 2. The maximum Gasteiger partial charge on any atom is 0.251 e. The van der Waals surface area contributed by atoms with Gasteiger partial charge in [-0.3, -0.25) is 24.0 Å². The molecule has 4 amide bonds. The summed E-state index contributed by atoms with van der Waals surface area (Å²) in [5, 5.41) is 25.1. The van der Waals surface area contributed by atoms with Crippen LogP contribution in [0.5, 0.6) is 0 Å². The molecule has 1 heterocycles. The van der Waals surface area contributed by atoms with E-state index in [1.807, 2.05) is 27.7 Å².